The van der Waals surface area contributed by atoms with Gasteiger partial charge in [0.1, 0.15) is 0 Å². The molecule has 0 saturated carbocycles. The van der Waals surface area contributed by atoms with Crippen molar-refractivity contribution in [3.63, 3.8) is 0 Å². The Hall–Kier alpha value is -1.08. The molecule has 1 heteroatoms. The molecule has 1 aromatic carbocycles. The van der Waals surface area contributed by atoms with E-state index in [1.807, 2.05) is 0 Å². The molecular formula is C16H25N. The van der Waals surface area contributed by atoms with Gasteiger partial charge in [-0.05, 0) is 50.8 Å². The van der Waals surface area contributed by atoms with Crippen molar-refractivity contribution in [3.8, 4) is 0 Å². The topological polar surface area (TPSA) is 12.0 Å². The standard InChI is InChI=1S/C16H25N/c1-5-12-17-16(11-10-13(2)3)15-9-7-6-8-14(15)4/h6-9,16-17H,2,5,10-12H2,1,3-4H3. The van der Waals surface area contributed by atoms with E-state index in [1.165, 1.54) is 23.1 Å². The predicted molar refractivity (Wildman–Crippen MR) is 76.3 cm³/mol. The zero-order valence-electron chi connectivity index (χ0n) is 11.4. The van der Waals surface area contributed by atoms with Gasteiger partial charge >= 0.3 is 0 Å². The van der Waals surface area contributed by atoms with E-state index in [2.05, 4.69) is 56.9 Å². The second-order valence-corrected chi connectivity index (χ2v) is 4.86. The van der Waals surface area contributed by atoms with Crippen LogP contribution >= 0.6 is 0 Å². The first kappa shape index (κ1) is 14.0. The van der Waals surface area contributed by atoms with Crippen molar-refractivity contribution in [2.75, 3.05) is 6.54 Å². The van der Waals surface area contributed by atoms with Gasteiger partial charge in [-0.25, -0.2) is 0 Å². The Balaban J connectivity index is 2.74. The smallest absolute Gasteiger partial charge is 0.0325 e. The number of rotatable bonds is 7. The molecule has 0 amide bonds. The predicted octanol–water partition coefficient (Wildman–Crippen LogP) is 4.39. The molecule has 0 heterocycles. The van der Waals surface area contributed by atoms with Crippen molar-refractivity contribution >= 4 is 0 Å². The molecule has 94 valence electrons. The normalized spacial score (nSPS) is 12.4. The summed E-state index contributed by atoms with van der Waals surface area (Å²) in [6.07, 6.45) is 3.41. The van der Waals surface area contributed by atoms with Gasteiger partial charge in [0.25, 0.3) is 0 Å². The second-order valence-electron chi connectivity index (χ2n) is 4.86. The summed E-state index contributed by atoms with van der Waals surface area (Å²) in [5.74, 6) is 0. The molecule has 1 atom stereocenters. The van der Waals surface area contributed by atoms with Crippen LogP contribution in [0.4, 0.5) is 0 Å². The Labute approximate surface area is 106 Å². The first-order chi connectivity index (χ1) is 8.15. The highest BCUT2D eigenvalue weighted by atomic mass is 14.9. The van der Waals surface area contributed by atoms with Gasteiger partial charge in [0.2, 0.25) is 0 Å². The Kier molecular flexibility index (Phi) is 5.99. The van der Waals surface area contributed by atoms with E-state index in [1.54, 1.807) is 0 Å². The quantitative estimate of drug-likeness (QED) is 0.686. The van der Waals surface area contributed by atoms with Crippen LogP contribution in [0.25, 0.3) is 0 Å². The van der Waals surface area contributed by atoms with Crippen LogP contribution in [0, 0.1) is 6.92 Å². The van der Waals surface area contributed by atoms with Gasteiger partial charge in [0.15, 0.2) is 0 Å². The third kappa shape index (κ3) is 4.74. The highest BCUT2D eigenvalue weighted by Crippen LogP contribution is 2.23. The summed E-state index contributed by atoms with van der Waals surface area (Å²) in [6.45, 7) is 11.6. The molecule has 0 bridgehead atoms. The molecule has 1 nitrogen and oxygen atoms in total. The number of nitrogens with one attached hydrogen (secondary N) is 1. The first-order valence-electron chi connectivity index (χ1n) is 6.58. The van der Waals surface area contributed by atoms with Crippen LogP contribution in [-0.2, 0) is 0 Å². The molecule has 1 aromatic rings. The first-order valence-corrected chi connectivity index (χ1v) is 6.58. The summed E-state index contributed by atoms with van der Waals surface area (Å²) in [5, 5.41) is 3.64. The number of aryl methyl sites for hydroxylation is 1. The van der Waals surface area contributed by atoms with Crippen LogP contribution in [0.2, 0.25) is 0 Å². The van der Waals surface area contributed by atoms with Crippen LogP contribution in [0.5, 0.6) is 0 Å². The van der Waals surface area contributed by atoms with Crippen LogP contribution in [-0.4, -0.2) is 6.54 Å². The van der Waals surface area contributed by atoms with E-state index < -0.39 is 0 Å². The summed E-state index contributed by atoms with van der Waals surface area (Å²) in [4.78, 5) is 0. The Morgan fingerprint density at radius 1 is 1.35 bits per heavy atom. The minimum Gasteiger partial charge on any atom is -0.310 e. The molecule has 17 heavy (non-hydrogen) atoms. The fourth-order valence-corrected chi connectivity index (χ4v) is 2.05. The minimum atomic E-state index is 0.466. The molecule has 0 aliphatic carbocycles. The van der Waals surface area contributed by atoms with Gasteiger partial charge in [-0.1, -0.05) is 36.8 Å². The highest BCUT2D eigenvalue weighted by Gasteiger charge is 2.12. The molecule has 0 saturated heterocycles. The summed E-state index contributed by atoms with van der Waals surface area (Å²) in [5.41, 5.74) is 4.08. The molecule has 0 spiro atoms. The average Bonchev–Trinajstić information content (AvgIpc) is 2.30. The van der Waals surface area contributed by atoms with Gasteiger partial charge in [-0.15, -0.1) is 6.58 Å². The molecule has 0 aliphatic heterocycles. The van der Waals surface area contributed by atoms with E-state index in [0.29, 0.717) is 6.04 Å². The Morgan fingerprint density at radius 2 is 2.06 bits per heavy atom. The number of benzene rings is 1. The van der Waals surface area contributed by atoms with Gasteiger partial charge in [0, 0.05) is 6.04 Å². The van der Waals surface area contributed by atoms with Crippen molar-refractivity contribution < 1.29 is 0 Å². The monoisotopic (exact) mass is 231 g/mol. The van der Waals surface area contributed by atoms with Crippen LogP contribution in [0.15, 0.2) is 36.4 Å². The molecule has 0 radical (unpaired) electrons. The van der Waals surface area contributed by atoms with Crippen LogP contribution < -0.4 is 5.32 Å². The summed E-state index contributed by atoms with van der Waals surface area (Å²) in [7, 11) is 0. The van der Waals surface area contributed by atoms with Gasteiger partial charge < -0.3 is 5.32 Å². The van der Waals surface area contributed by atoms with Crippen molar-refractivity contribution in [1.29, 1.82) is 0 Å². The van der Waals surface area contributed by atoms with Crippen LogP contribution in [0.1, 0.15) is 50.3 Å². The number of hydrogen-bond acceptors (Lipinski definition) is 1. The molecule has 1 unspecified atom stereocenters. The third-order valence-corrected chi connectivity index (χ3v) is 3.06. The highest BCUT2D eigenvalue weighted by molar-refractivity contribution is 5.28. The minimum absolute atomic E-state index is 0.466. The Bertz CT molecular complexity index is 354. The largest absolute Gasteiger partial charge is 0.310 e. The molecule has 0 aromatic heterocycles. The van der Waals surface area contributed by atoms with Gasteiger partial charge in [-0.2, -0.15) is 0 Å². The van der Waals surface area contributed by atoms with Gasteiger partial charge in [-0.3, -0.25) is 0 Å². The maximum absolute atomic E-state index is 4.00. The molecule has 1 rings (SSSR count). The van der Waals surface area contributed by atoms with E-state index in [0.717, 1.165) is 19.4 Å². The zero-order valence-corrected chi connectivity index (χ0v) is 11.4. The van der Waals surface area contributed by atoms with E-state index in [-0.39, 0.29) is 0 Å². The van der Waals surface area contributed by atoms with E-state index >= 15 is 0 Å². The Morgan fingerprint density at radius 3 is 2.65 bits per heavy atom. The van der Waals surface area contributed by atoms with E-state index in [4.69, 9.17) is 0 Å². The van der Waals surface area contributed by atoms with Gasteiger partial charge in [0.05, 0.1) is 0 Å². The number of allylic oxidation sites excluding steroid dienone is 1. The molecule has 0 fully saturated rings. The summed E-state index contributed by atoms with van der Waals surface area (Å²) >= 11 is 0. The van der Waals surface area contributed by atoms with Crippen LogP contribution in [0.3, 0.4) is 0 Å². The lowest BCUT2D eigenvalue weighted by Gasteiger charge is -2.21. The summed E-state index contributed by atoms with van der Waals surface area (Å²) in [6, 6.07) is 9.13. The lowest BCUT2D eigenvalue weighted by Crippen LogP contribution is -2.22. The zero-order chi connectivity index (χ0) is 12.7. The molecule has 1 N–H and O–H groups in total. The maximum atomic E-state index is 4.00. The van der Waals surface area contributed by atoms with E-state index in [9.17, 15) is 0 Å². The SMILES string of the molecule is C=C(C)CCC(NCCC)c1ccccc1C. The van der Waals surface area contributed by atoms with Crippen molar-refractivity contribution in [1.82, 2.24) is 5.32 Å². The molecular weight excluding hydrogens is 206 g/mol. The lowest BCUT2D eigenvalue weighted by molar-refractivity contribution is 0.497. The number of hydrogen-bond donors (Lipinski definition) is 1. The van der Waals surface area contributed by atoms with Crippen molar-refractivity contribution in [2.45, 2.75) is 46.1 Å². The van der Waals surface area contributed by atoms with Crippen molar-refractivity contribution in [3.05, 3.63) is 47.5 Å². The average molecular weight is 231 g/mol. The summed E-state index contributed by atoms with van der Waals surface area (Å²) < 4.78 is 0. The van der Waals surface area contributed by atoms with Crippen molar-refractivity contribution in [2.24, 2.45) is 0 Å². The fraction of sp³-hybridized carbons (Fsp3) is 0.500. The molecule has 0 aliphatic rings. The third-order valence-electron chi connectivity index (χ3n) is 3.06. The second kappa shape index (κ2) is 7.29. The lowest BCUT2D eigenvalue weighted by atomic mass is 9.96. The fourth-order valence-electron chi connectivity index (χ4n) is 2.05. The maximum Gasteiger partial charge on any atom is 0.0325 e.